The molecule has 5 aliphatic rings. The van der Waals surface area contributed by atoms with Crippen LogP contribution in [-0.4, -0.2) is 84.0 Å². The molecule has 2 fully saturated rings. The lowest BCUT2D eigenvalue weighted by atomic mass is 9.59. The predicted molar refractivity (Wildman–Crippen MR) is 191 cm³/mol. The van der Waals surface area contributed by atoms with Crippen molar-refractivity contribution in [2.24, 2.45) is 17.8 Å². The largest absolute Gasteiger partial charge is 0.511 e. The number of ether oxygens (including phenoxy) is 2. The standard InChI is InChI=1S/C41H44N2O10/c42-32-16-28-24(17-43-32)9-10-25-6-3-11-40(25,28)20-41(51)37(49)31(19-45)53-39(38(41)50)52-30-8-2-7-26-34(30)36(48)33-27(35(26)47)14-23(15-29(33)46)13-21-4-1-5-22(12-21)18-44/h1-2,4-5,7-8,12,14-17,25,27,31,33,37-39,44-46,49-51H,3,6,9-11,13,18-20H2,(H2,42,43). The molecule has 53 heavy (non-hydrogen) atoms. The molecule has 8 rings (SSSR count). The Morgan fingerprint density at radius 3 is 2.58 bits per heavy atom. The number of aliphatic hydroxyl groups is 6. The van der Waals surface area contributed by atoms with Crippen LogP contribution in [0.15, 0.2) is 78.2 Å². The molecule has 12 heteroatoms. The van der Waals surface area contributed by atoms with Crippen molar-refractivity contribution < 1.29 is 49.7 Å². The Balaban J connectivity index is 1.11. The summed E-state index contributed by atoms with van der Waals surface area (Å²) < 4.78 is 12.1. The van der Waals surface area contributed by atoms with Crippen molar-refractivity contribution in [3.63, 3.8) is 0 Å². The first-order valence-electron chi connectivity index (χ1n) is 18.2. The SMILES string of the molecule is Nc1cc2c(cn1)CCC1CCCC21CC1(O)C(O)C(CO)OC(Oc2cccc3c2C(=O)C2C(O)=CC(Cc4cccc(CO)c4)=CC2C3=O)C1O. The first kappa shape index (κ1) is 35.6. The van der Waals surface area contributed by atoms with E-state index in [1.807, 2.05) is 24.3 Å². The van der Waals surface area contributed by atoms with Crippen molar-refractivity contribution in [1.29, 1.82) is 0 Å². The number of hydrogen-bond donors (Lipinski definition) is 7. The molecular weight excluding hydrogens is 680 g/mol. The van der Waals surface area contributed by atoms with Gasteiger partial charge in [-0.3, -0.25) is 9.59 Å². The van der Waals surface area contributed by atoms with Crippen LogP contribution in [0.25, 0.3) is 0 Å². The van der Waals surface area contributed by atoms with E-state index in [4.69, 9.17) is 15.2 Å². The third kappa shape index (κ3) is 5.79. The van der Waals surface area contributed by atoms with E-state index in [-0.39, 0.29) is 41.6 Å². The van der Waals surface area contributed by atoms with Crippen molar-refractivity contribution in [2.75, 3.05) is 12.3 Å². The number of ketones is 2. The van der Waals surface area contributed by atoms with E-state index in [1.165, 1.54) is 24.3 Å². The highest BCUT2D eigenvalue weighted by Gasteiger charge is 2.61. The summed E-state index contributed by atoms with van der Waals surface area (Å²) in [6, 6.07) is 13.6. The van der Waals surface area contributed by atoms with Crippen LogP contribution in [0.4, 0.5) is 5.82 Å². The second-order valence-corrected chi connectivity index (χ2v) is 15.3. The van der Waals surface area contributed by atoms with Crippen molar-refractivity contribution >= 4 is 17.4 Å². The lowest BCUT2D eigenvalue weighted by Crippen LogP contribution is -2.70. The number of fused-ring (bicyclic) bond motifs is 5. The van der Waals surface area contributed by atoms with Gasteiger partial charge in [-0.05, 0) is 90.5 Å². The number of allylic oxidation sites excluding steroid dienone is 4. The molecule has 4 aliphatic carbocycles. The van der Waals surface area contributed by atoms with E-state index in [0.717, 1.165) is 47.9 Å². The molecule has 1 saturated carbocycles. The molecule has 0 amide bonds. The summed E-state index contributed by atoms with van der Waals surface area (Å²) in [7, 11) is 0. The number of nitrogens with two attached hydrogens (primary N) is 1. The summed E-state index contributed by atoms with van der Waals surface area (Å²) in [5.41, 5.74) is 7.40. The van der Waals surface area contributed by atoms with Crippen LogP contribution < -0.4 is 10.5 Å². The number of aromatic nitrogens is 1. The van der Waals surface area contributed by atoms with Gasteiger partial charge in [-0.25, -0.2) is 4.98 Å². The summed E-state index contributed by atoms with van der Waals surface area (Å²) in [6.45, 7) is -0.828. The Morgan fingerprint density at radius 1 is 1.00 bits per heavy atom. The second-order valence-electron chi connectivity index (χ2n) is 15.3. The molecule has 2 heterocycles. The Kier molecular flexibility index (Phi) is 9.03. The number of Topliss-reactive ketones (excluding diaryl/α,β-unsaturated/α-hetero) is 2. The normalized spacial score (nSPS) is 33.3. The predicted octanol–water partition coefficient (Wildman–Crippen LogP) is 3.02. The lowest BCUT2D eigenvalue weighted by molar-refractivity contribution is -0.319. The van der Waals surface area contributed by atoms with Gasteiger partial charge in [0.2, 0.25) is 6.29 Å². The molecule has 12 nitrogen and oxygen atoms in total. The lowest BCUT2D eigenvalue weighted by Gasteiger charge is -2.53. The summed E-state index contributed by atoms with van der Waals surface area (Å²) in [5.74, 6) is -3.06. The van der Waals surface area contributed by atoms with Crippen LogP contribution in [0.1, 0.15) is 75.1 Å². The van der Waals surface area contributed by atoms with E-state index >= 15 is 0 Å². The van der Waals surface area contributed by atoms with Gasteiger partial charge in [0, 0.05) is 17.2 Å². The first-order chi connectivity index (χ1) is 25.5. The average molecular weight is 725 g/mol. The molecule has 9 unspecified atom stereocenters. The van der Waals surface area contributed by atoms with Gasteiger partial charge in [0.25, 0.3) is 0 Å². The molecule has 1 aliphatic heterocycles. The Labute approximate surface area is 306 Å². The zero-order valence-electron chi connectivity index (χ0n) is 29.1. The molecule has 9 atom stereocenters. The number of rotatable bonds is 8. The number of hydrogen-bond acceptors (Lipinski definition) is 12. The molecule has 0 bridgehead atoms. The summed E-state index contributed by atoms with van der Waals surface area (Å²) in [6.07, 6.45) is 2.73. The number of aliphatic hydroxyl groups excluding tert-OH is 5. The maximum atomic E-state index is 14.2. The van der Waals surface area contributed by atoms with E-state index in [9.17, 15) is 40.2 Å². The smallest absolute Gasteiger partial charge is 0.229 e. The number of pyridine rings is 1. The summed E-state index contributed by atoms with van der Waals surface area (Å²) in [4.78, 5) is 32.5. The second kappa shape index (κ2) is 13.5. The molecule has 1 saturated heterocycles. The van der Waals surface area contributed by atoms with Crippen LogP contribution in [-0.2, 0) is 29.6 Å². The molecule has 1 aromatic heterocycles. The quantitative estimate of drug-likeness (QED) is 0.179. The Hall–Kier alpha value is -4.43. The fourth-order valence-electron chi connectivity index (χ4n) is 9.84. The highest BCUT2D eigenvalue weighted by atomic mass is 16.7. The van der Waals surface area contributed by atoms with Crippen molar-refractivity contribution in [1.82, 2.24) is 4.98 Å². The maximum Gasteiger partial charge on any atom is 0.229 e. The van der Waals surface area contributed by atoms with Gasteiger partial charge in [-0.1, -0.05) is 48.9 Å². The van der Waals surface area contributed by atoms with Crippen LogP contribution in [0, 0.1) is 17.8 Å². The summed E-state index contributed by atoms with van der Waals surface area (Å²) in [5, 5.41) is 66.9. The van der Waals surface area contributed by atoms with E-state index in [1.54, 1.807) is 18.3 Å². The Bertz CT molecular complexity index is 2030. The molecule has 3 aromatic rings. The summed E-state index contributed by atoms with van der Waals surface area (Å²) >= 11 is 0. The van der Waals surface area contributed by atoms with Crippen LogP contribution in [0.2, 0.25) is 0 Å². The highest BCUT2D eigenvalue weighted by Crippen LogP contribution is 2.57. The highest BCUT2D eigenvalue weighted by molar-refractivity contribution is 6.19. The number of carbonyl (C=O) groups is 2. The number of carbonyl (C=O) groups excluding carboxylic acids is 2. The van der Waals surface area contributed by atoms with E-state index < -0.39 is 65.6 Å². The van der Waals surface area contributed by atoms with Gasteiger partial charge in [-0.15, -0.1) is 0 Å². The average Bonchev–Trinajstić information content (AvgIpc) is 3.57. The van der Waals surface area contributed by atoms with Gasteiger partial charge in [0.1, 0.15) is 41.2 Å². The van der Waals surface area contributed by atoms with Crippen molar-refractivity contribution in [3.8, 4) is 5.75 Å². The van der Waals surface area contributed by atoms with Crippen LogP contribution >= 0.6 is 0 Å². The minimum absolute atomic E-state index is 0.0679. The minimum atomic E-state index is -2.23. The van der Waals surface area contributed by atoms with Crippen LogP contribution in [0.5, 0.6) is 5.75 Å². The number of nitrogen functional groups attached to an aromatic ring is 1. The topological polar surface area (TPSA) is 213 Å². The first-order valence-corrected chi connectivity index (χ1v) is 18.2. The zero-order valence-corrected chi connectivity index (χ0v) is 29.1. The van der Waals surface area contributed by atoms with Gasteiger partial charge < -0.3 is 45.8 Å². The van der Waals surface area contributed by atoms with E-state index in [2.05, 4.69) is 4.98 Å². The maximum absolute atomic E-state index is 14.2. The molecule has 0 radical (unpaired) electrons. The van der Waals surface area contributed by atoms with Gasteiger partial charge in [-0.2, -0.15) is 0 Å². The number of aryl methyl sites for hydroxylation is 1. The van der Waals surface area contributed by atoms with E-state index in [0.29, 0.717) is 24.2 Å². The monoisotopic (exact) mass is 724 g/mol. The fourth-order valence-corrected chi connectivity index (χ4v) is 9.84. The number of nitrogens with zero attached hydrogens (tertiary/aromatic N) is 1. The Morgan fingerprint density at radius 2 is 1.79 bits per heavy atom. The zero-order chi connectivity index (χ0) is 37.2. The van der Waals surface area contributed by atoms with Gasteiger partial charge in [0.05, 0.1) is 30.6 Å². The van der Waals surface area contributed by atoms with Gasteiger partial charge in [0.15, 0.2) is 11.6 Å². The molecule has 2 aromatic carbocycles. The molecule has 0 spiro atoms. The number of benzene rings is 2. The fraction of sp³-hybridized carbons (Fsp3) is 0.439. The van der Waals surface area contributed by atoms with Crippen molar-refractivity contribution in [3.05, 3.63) is 112 Å². The molecular formula is C41H44N2O10. The minimum Gasteiger partial charge on any atom is -0.511 e. The third-order valence-electron chi connectivity index (χ3n) is 12.3. The van der Waals surface area contributed by atoms with Crippen LogP contribution in [0.3, 0.4) is 0 Å². The van der Waals surface area contributed by atoms with Crippen molar-refractivity contribution in [2.45, 2.75) is 87.2 Å². The number of anilines is 1. The van der Waals surface area contributed by atoms with Gasteiger partial charge >= 0.3 is 0 Å². The third-order valence-corrected chi connectivity index (χ3v) is 12.3. The molecule has 278 valence electrons. The molecule has 8 N–H and O–H groups in total.